The average molecular weight is 870 g/mol. The number of imide groups is 5. The SMILES string of the molecule is CCCC(C1CCCCC1)N(C=O)C(=O)C(=O)c1ccc(C(=O)C(=O)NC=O)c2c(C(=O)C(=O)NC=O)c3c(c(C(=O)C(=O)N(C=O)C(CCC)C4CCCCC4)c12)C(=O)NC3=O. The van der Waals surface area contributed by atoms with Crippen LogP contribution in [0.5, 0.6) is 0 Å². The van der Waals surface area contributed by atoms with E-state index in [2.05, 4.69) is 0 Å². The van der Waals surface area contributed by atoms with Crippen molar-refractivity contribution in [3.05, 3.63) is 45.5 Å². The van der Waals surface area contributed by atoms with Crippen LogP contribution in [0.4, 0.5) is 0 Å². The average Bonchev–Trinajstić information content (AvgIpc) is 3.59. The Morgan fingerprint density at radius 3 is 1.37 bits per heavy atom. The van der Waals surface area contributed by atoms with Gasteiger partial charge >= 0.3 is 11.8 Å². The first-order valence-electron chi connectivity index (χ1n) is 21.0. The first-order valence-corrected chi connectivity index (χ1v) is 21.0. The molecular formula is C44H47N5O14. The summed E-state index contributed by atoms with van der Waals surface area (Å²) < 4.78 is 0. The number of benzene rings is 2. The van der Waals surface area contributed by atoms with Crippen LogP contribution in [0.2, 0.25) is 0 Å². The van der Waals surface area contributed by atoms with Gasteiger partial charge in [0.15, 0.2) is 0 Å². The largest absolute Gasteiger partial charge is 0.301 e. The van der Waals surface area contributed by atoms with E-state index in [0.717, 1.165) is 44.6 Å². The standard InChI is InChI=1S/C44H47N5O14/c1-3-11-27(23-13-7-5-8-14-23)48(21-52)43(62)36(55)26-18-17-25(35(54)41(60)45-19-50)29-30(26)32(34-33(39(58)47-40(34)59)31(29)37(56)42(61)46-20-51)38(57)44(63)49(22-53)28(12-4-2)24-15-9-6-10-16-24/h17-24,27-28H,3-16H2,1-2H3,(H,45,50,60)(H,46,51,61)(H,47,58,59). The highest BCUT2D eigenvalue weighted by Gasteiger charge is 2.46. The van der Waals surface area contributed by atoms with E-state index in [1.807, 2.05) is 5.32 Å². The molecule has 0 saturated heterocycles. The van der Waals surface area contributed by atoms with Gasteiger partial charge in [-0.1, -0.05) is 65.2 Å². The number of rotatable bonds is 20. The predicted molar refractivity (Wildman–Crippen MR) is 218 cm³/mol. The molecule has 2 aliphatic carbocycles. The van der Waals surface area contributed by atoms with Crippen molar-refractivity contribution in [2.75, 3.05) is 0 Å². The predicted octanol–water partition coefficient (Wildman–Crippen LogP) is 2.47. The van der Waals surface area contributed by atoms with Crippen LogP contribution in [0.1, 0.15) is 166 Å². The van der Waals surface area contributed by atoms with Gasteiger partial charge in [-0.05, 0) is 62.5 Å². The van der Waals surface area contributed by atoms with E-state index in [9.17, 15) is 62.3 Å². The lowest BCUT2D eigenvalue weighted by molar-refractivity contribution is -0.140. The zero-order chi connectivity index (χ0) is 46.1. The molecule has 0 spiro atoms. The van der Waals surface area contributed by atoms with Crippen molar-refractivity contribution >= 4 is 95.0 Å². The maximum atomic E-state index is 15.0. The Morgan fingerprint density at radius 1 is 0.587 bits per heavy atom. The molecular weight excluding hydrogens is 823 g/mol. The summed E-state index contributed by atoms with van der Waals surface area (Å²) in [6.07, 6.45) is 8.66. The number of Topliss-reactive ketones (excluding diaryl/α,β-unsaturated/α-hetero) is 4. The number of nitrogens with one attached hydrogen (secondary N) is 3. The number of carbonyl (C=O) groups is 14. The summed E-state index contributed by atoms with van der Waals surface area (Å²) in [5, 5.41) is 2.91. The molecule has 19 nitrogen and oxygen atoms in total. The van der Waals surface area contributed by atoms with E-state index < -0.39 is 115 Å². The number of carbonyl (C=O) groups excluding carboxylic acids is 14. The van der Waals surface area contributed by atoms with Crippen molar-refractivity contribution in [3.63, 3.8) is 0 Å². The van der Waals surface area contributed by atoms with E-state index in [0.29, 0.717) is 54.4 Å². The summed E-state index contributed by atoms with van der Waals surface area (Å²) in [6.45, 7) is 3.59. The molecule has 2 aromatic rings. The fourth-order valence-corrected chi connectivity index (χ4v) is 9.45. The van der Waals surface area contributed by atoms with E-state index in [-0.39, 0.29) is 50.3 Å². The van der Waals surface area contributed by atoms with Crippen LogP contribution in [0.3, 0.4) is 0 Å². The van der Waals surface area contributed by atoms with Gasteiger partial charge in [-0.25, -0.2) is 0 Å². The molecule has 3 aliphatic rings. The summed E-state index contributed by atoms with van der Waals surface area (Å²) in [7, 11) is 0. The molecule has 5 rings (SSSR count). The molecule has 2 saturated carbocycles. The van der Waals surface area contributed by atoms with Gasteiger partial charge in [0.1, 0.15) is 0 Å². The molecule has 1 heterocycles. The third kappa shape index (κ3) is 9.17. The molecule has 2 fully saturated rings. The van der Waals surface area contributed by atoms with Gasteiger partial charge in [0.25, 0.3) is 46.8 Å². The molecule has 19 heteroatoms. The summed E-state index contributed by atoms with van der Waals surface area (Å²) in [6, 6.07) is -0.200. The van der Waals surface area contributed by atoms with Gasteiger partial charge < -0.3 is 0 Å². The quantitative estimate of drug-likeness (QED) is 0.0746. The molecule has 2 unspecified atom stereocenters. The summed E-state index contributed by atoms with van der Waals surface area (Å²) >= 11 is 0. The van der Waals surface area contributed by atoms with Crippen LogP contribution in [-0.2, 0) is 38.4 Å². The van der Waals surface area contributed by atoms with Crippen LogP contribution in [-0.4, -0.2) is 106 Å². The van der Waals surface area contributed by atoms with E-state index in [1.165, 1.54) is 0 Å². The highest BCUT2D eigenvalue weighted by atomic mass is 16.2. The molecule has 2 aromatic carbocycles. The van der Waals surface area contributed by atoms with Crippen molar-refractivity contribution < 1.29 is 67.1 Å². The van der Waals surface area contributed by atoms with Gasteiger partial charge in [0.05, 0.1) is 11.1 Å². The number of ketones is 4. The second kappa shape index (κ2) is 20.8. The molecule has 0 radical (unpaired) electrons. The van der Waals surface area contributed by atoms with Gasteiger partial charge in [-0.15, -0.1) is 0 Å². The molecule has 332 valence electrons. The second-order valence-electron chi connectivity index (χ2n) is 15.8. The van der Waals surface area contributed by atoms with Crippen molar-refractivity contribution in [1.29, 1.82) is 0 Å². The zero-order valence-electron chi connectivity index (χ0n) is 34.8. The minimum Gasteiger partial charge on any atom is -0.292 e. The summed E-state index contributed by atoms with van der Waals surface area (Å²) in [5.74, 6) is -16.7. The fourth-order valence-electron chi connectivity index (χ4n) is 9.45. The van der Waals surface area contributed by atoms with E-state index in [4.69, 9.17) is 0 Å². The minimum absolute atomic E-state index is 0.125. The molecule has 0 aromatic heterocycles. The lowest BCUT2D eigenvalue weighted by Gasteiger charge is -2.35. The van der Waals surface area contributed by atoms with Crippen LogP contribution in [0.25, 0.3) is 10.8 Å². The second-order valence-corrected chi connectivity index (χ2v) is 15.8. The Morgan fingerprint density at radius 2 is 0.968 bits per heavy atom. The van der Waals surface area contributed by atoms with Crippen LogP contribution in [0, 0.1) is 11.8 Å². The van der Waals surface area contributed by atoms with Gasteiger partial charge in [-0.3, -0.25) is 92.9 Å². The summed E-state index contributed by atoms with van der Waals surface area (Å²) in [5.41, 5.74) is -6.47. The molecule has 1 aliphatic heterocycles. The Bertz CT molecular complexity index is 2320. The minimum atomic E-state index is -1.83. The van der Waals surface area contributed by atoms with Crippen molar-refractivity contribution in [2.24, 2.45) is 11.8 Å². The van der Waals surface area contributed by atoms with Crippen molar-refractivity contribution in [1.82, 2.24) is 25.8 Å². The van der Waals surface area contributed by atoms with E-state index in [1.54, 1.807) is 24.5 Å². The van der Waals surface area contributed by atoms with Gasteiger partial charge in [-0.2, -0.15) is 0 Å². The highest BCUT2D eigenvalue weighted by Crippen LogP contribution is 2.40. The van der Waals surface area contributed by atoms with E-state index >= 15 is 4.79 Å². The third-order valence-electron chi connectivity index (χ3n) is 12.2. The molecule has 10 amide bonds. The lowest BCUT2D eigenvalue weighted by Crippen LogP contribution is -2.48. The smallest absolute Gasteiger partial charge is 0.292 e. The summed E-state index contributed by atoms with van der Waals surface area (Å²) in [4.78, 5) is 190. The Hall–Kier alpha value is -6.92. The molecule has 3 N–H and O–H groups in total. The Balaban J connectivity index is 1.93. The van der Waals surface area contributed by atoms with Gasteiger partial charge in [0, 0.05) is 45.1 Å². The third-order valence-corrected chi connectivity index (χ3v) is 12.2. The van der Waals surface area contributed by atoms with Crippen molar-refractivity contribution in [3.8, 4) is 0 Å². The van der Waals surface area contributed by atoms with Crippen molar-refractivity contribution in [2.45, 2.75) is 116 Å². The van der Waals surface area contributed by atoms with Crippen LogP contribution in [0.15, 0.2) is 12.1 Å². The maximum Gasteiger partial charge on any atom is 0.301 e. The number of fused-ring (bicyclic) bond motifs is 2. The van der Waals surface area contributed by atoms with Gasteiger partial charge in [0.2, 0.25) is 25.6 Å². The monoisotopic (exact) mass is 869 g/mol. The number of hydrogen-bond donors (Lipinski definition) is 3. The zero-order valence-corrected chi connectivity index (χ0v) is 34.8. The first kappa shape index (κ1) is 47.1. The maximum absolute atomic E-state index is 15.0. The Labute approximate surface area is 360 Å². The fraction of sp³-hybridized carbons (Fsp3) is 0.455. The first-order chi connectivity index (χ1) is 30.2. The lowest BCUT2D eigenvalue weighted by atomic mass is 9.79. The number of hydrogen-bond acceptors (Lipinski definition) is 14. The molecule has 0 bridgehead atoms. The topological polar surface area (TPSA) is 282 Å². The Kier molecular flexibility index (Phi) is 15.5. The normalized spacial score (nSPS) is 16.1. The highest BCUT2D eigenvalue weighted by molar-refractivity contribution is 6.56. The molecule has 2 atom stereocenters. The number of amides is 10. The molecule has 63 heavy (non-hydrogen) atoms. The van der Waals surface area contributed by atoms with Crippen LogP contribution < -0.4 is 16.0 Å². The van der Waals surface area contributed by atoms with Crippen LogP contribution >= 0.6 is 0 Å². The number of nitrogens with zero attached hydrogens (tertiary/aromatic N) is 2.